The quantitative estimate of drug-likeness (QED) is 0.736. The molecule has 0 saturated heterocycles. The molecule has 24 heavy (non-hydrogen) atoms. The normalized spacial score (nSPS) is 24.6. The van der Waals surface area contributed by atoms with Crippen LogP contribution in [0.2, 0.25) is 0 Å². The molecule has 0 aromatic heterocycles. The van der Waals surface area contributed by atoms with E-state index in [0.29, 0.717) is 11.1 Å². The number of benzene rings is 2. The summed E-state index contributed by atoms with van der Waals surface area (Å²) in [6.07, 6.45) is -0.319. The van der Waals surface area contributed by atoms with E-state index in [1.165, 1.54) is 6.07 Å². The van der Waals surface area contributed by atoms with Gasteiger partial charge in [0.15, 0.2) is 0 Å². The Kier molecular flexibility index (Phi) is 2.51. The number of hydrogen-bond acceptors (Lipinski definition) is 2. The van der Waals surface area contributed by atoms with Gasteiger partial charge in [0, 0.05) is 42.7 Å². The maximum absolute atomic E-state index is 10.6. The predicted molar refractivity (Wildman–Crippen MR) is 103 cm³/mol. The second-order valence-electron chi connectivity index (χ2n) is 5.66. The second-order valence-corrected chi connectivity index (χ2v) is 5.66. The lowest BCUT2D eigenvalue weighted by Crippen LogP contribution is -2.38. The summed E-state index contributed by atoms with van der Waals surface area (Å²) >= 11 is 0. The average molecular weight is 340 g/mol. The smallest absolute Gasteiger partial charge is 0.119 e. The van der Waals surface area contributed by atoms with Gasteiger partial charge in [0.25, 0.3) is 0 Å². The molecule has 0 unspecified atom stereocenters. The summed E-state index contributed by atoms with van der Waals surface area (Å²) in [7, 11) is 0. The molecule has 1 N–H and O–H groups in total. The van der Waals surface area contributed by atoms with E-state index in [9.17, 15) is 5.11 Å². The van der Waals surface area contributed by atoms with E-state index in [-0.39, 0.29) is 17.1 Å². The maximum Gasteiger partial charge on any atom is 0.119 e. The number of hydrogen-bond donors (Lipinski definition) is 1. The molecule has 0 amide bonds. The highest BCUT2D eigenvalue weighted by Gasteiger charge is 2.21. The van der Waals surface area contributed by atoms with Crippen molar-refractivity contribution in [3.63, 3.8) is 0 Å². The minimum atomic E-state index is -3.78. The van der Waals surface area contributed by atoms with Crippen LogP contribution in [-0.2, 0) is 0 Å². The first-order valence-electron chi connectivity index (χ1n) is 14.6. The van der Waals surface area contributed by atoms with Crippen molar-refractivity contribution in [3.05, 3.63) is 65.2 Å². The zero-order valence-electron chi connectivity index (χ0n) is 27.5. The van der Waals surface area contributed by atoms with Crippen molar-refractivity contribution < 1.29 is 24.3 Å². The topological polar surface area (TPSA) is 23.5 Å². The Bertz CT molecular complexity index is 1020. The Hall–Kier alpha value is -1.80. The van der Waals surface area contributed by atoms with Crippen molar-refractivity contribution in [1.29, 1.82) is 0 Å². The summed E-state index contributed by atoms with van der Waals surface area (Å²) in [5, 5.41) is 10.6. The van der Waals surface area contributed by atoms with Crippen molar-refractivity contribution >= 4 is 0 Å². The van der Waals surface area contributed by atoms with Gasteiger partial charge in [-0.25, -0.2) is 0 Å². The number of aryl methyl sites for hydroxylation is 1. The Balaban J connectivity index is 2.84. The van der Waals surface area contributed by atoms with Gasteiger partial charge in [0.05, 0.1) is 0 Å². The number of phenolic OH excluding ortho intramolecular Hbond substituents is 1. The van der Waals surface area contributed by atoms with E-state index in [1.54, 1.807) is 49.4 Å². The van der Waals surface area contributed by atoms with Gasteiger partial charge in [0.1, 0.15) is 5.75 Å². The molecule has 0 fully saturated rings. The average Bonchev–Trinajstić information content (AvgIpc) is 2.75. The molecule has 2 aromatic carbocycles. The molecular weight excluding hydrogens is 294 g/mol. The highest BCUT2D eigenvalue weighted by molar-refractivity contribution is 5.43. The van der Waals surface area contributed by atoms with E-state index < -0.39 is 51.9 Å². The second kappa shape index (κ2) is 8.34. The van der Waals surface area contributed by atoms with Gasteiger partial charge in [-0.15, -0.1) is 0 Å². The molecule has 2 heteroatoms. The lowest BCUT2D eigenvalue weighted by molar-refractivity contribution is 0.170. The summed E-state index contributed by atoms with van der Waals surface area (Å²) in [6.45, 7) is -14.1. The molecule has 130 valence electrons. The van der Waals surface area contributed by atoms with E-state index >= 15 is 0 Å². The molecule has 0 spiro atoms. The third-order valence-corrected chi connectivity index (χ3v) is 3.94. The molecule has 1 atom stereocenters. The molecule has 0 aliphatic heterocycles. The first-order valence-corrected chi connectivity index (χ1v) is 7.62. The summed E-state index contributed by atoms with van der Waals surface area (Å²) in [5.74, 6) is -0.947. The molecule has 0 aliphatic rings. The van der Waals surface area contributed by atoms with Gasteiger partial charge >= 0.3 is 0 Å². The zero-order chi connectivity index (χ0) is 29.5. The Morgan fingerprint density at radius 1 is 1.04 bits per heavy atom. The van der Waals surface area contributed by atoms with E-state index in [1.807, 2.05) is 0 Å². The molecule has 0 heterocycles. The summed E-state index contributed by atoms with van der Waals surface area (Å²) in [6, 6.07) is 5.61. The molecule has 2 rings (SSSR count). The van der Waals surface area contributed by atoms with Gasteiger partial charge in [-0.05, 0) is 58.9 Å². The molecule has 0 radical (unpaired) electrons. The molecule has 2 aromatic rings. The van der Waals surface area contributed by atoms with Crippen LogP contribution in [0.25, 0.3) is 0 Å². The monoisotopic (exact) mass is 339 g/mol. The standard InChI is InChI=1S/C22H31NO/c1-16(2)23(17(3)4)14-13-20(19-9-7-6-8-10-19)21-15-18(5)11-12-22(21)24/h6-12,15-17,20,24H,13-14H2,1-5H3/t20-/m1/s1/i1D3,2D3,3D3,4D3,16D,17D. The Labute approximate surface area is 166 Å². The Morgan fingerprint density at radius 2 is 1.71 bits per heavy atom. The molecule has 2 nitrogen and oxygen atoms in total. The fourth-order valence-corrected chi connectivity index (χ4v) is 2.73. The first-order chi connectivity index (χ1) is 17.0. The minimum absolute atomic E-state index is 0.0250. The van der Waals surface area contributed by atoms with Gasteiger partial charge in [-0.2, -0.15) is 0 Å². The van der Waals surface area contributed by atoms with Crippen molar-refractivity contribution in [2.24, 2.45) is 0 Å². The van der Waals surface area contributed by atoms with Crippen molar-refractivity contribution in [2.75, 3.05) is 6.54 Å². The van der Waals surface area contributed by atoms with Crippen LogP contribution in [0, 0.1) is 6.92 Å². The van der Waals surface area contributed by atoms with Crippen LogP contribution < -0.4 is 0 Å². The van der Waals surface area contributed by atoms with Crippen LogP contribution in [-0.4, -0.2) is 28.6 Å². The van der Waals surface area contributed by atoms with Crippen molar-refractivity contribution in [1.82, 2.24) is 4.90 Å². The fraction of sp³-hybridized carbons (Fsp3) is 0.455. The van der Waals surface area contributed by atoms with Crippen molar-refractivity contribution in [2.45, 2.75) is 58.7 Å². The van der Waals surface area contributed by atoms with Crippen LogP contribution in [0.1, 0.15) is 75.6 Å². The van der Waals surface area contributed by atoms with E-state index in [4.69, 9.17) is 19.2 Å². The lowest BCUT2D eigenvalue weighted by atomic mass is 9.87. The summed E-state index contributed by atoms with van der Waals surface area (Å²) < 4.78 is 112. The van der Waals surface area contributed by atoms with Crippen LogP contribution in [0.5, 0.6) is 5.75 Å². The van der Waals surface area contributed by atoms with Crippen LogP contribution in [0.3, 0.4) is 0 Å². The highest BCUT2D eigenvalue weighted by Crippen LogP contribution is 2.35. The number of rotatable bonds is 7. The van der Waals surface area contributed by atoms with Crippen molar-refractivity contribution in [3.8, 4) is 5.75 Å². The Morgan fingerprint density at radius 3 is 2.33 bits per heavy atom. The third-order valence-electron chi connectivity index (χ3n) is 3.94. The van der Waals surface area contributed by atoms with Crippen LogP contribution >= 0.6 is 0 Å². The van der Waals surface area contributed by atoms with Gasteiger partial charge in [-0.3, -0.25) is 4.90 Å². The minimum Gasteiger partial charge on any atom is -0.508 e. The molecule has 0 bridgehead atoms. The third kappa shape index (κ3) is 4.61. The first kappa shape index (κ1) is 7.21. The number of aromatic hydroxyl groups is 1. The molecule has 0 aliphatic carbocycles. The maximum atomic E-state index is 10.6. The molecular formula is C22H31NO. The SMILES string of the molecule is [2H]C([2H])([2H])C([2H])(N(CC[C@H](c1ccccc1)c1cc(C)ccc1O)C([2H])(C([2H])([2H])[2H])C([2H])([2H])[2H])C([2H])([2H])[2H]. The van der Waals surface area contributed by atoms with Crippen LogP contribution in [0.15, 0.2) is 48.5 Å². The van der Waals surface area contributed by atoms with E-state index in [2.05, 4.69) is 0 Å². The largest absolute Gasteiger partial charge is 0.508 e. The predicted octanol–water partition coefficient (Wildman–Crippen LogP) is 5.34. The van der Waals surface area contributed by atoms with Crippen LogP contribution in [0.4, 0.5) is 0 Å². The lowest BCUT2D eigenvalue weighted by Gasteiger charge is -2.32. The molecule has 0 saturated carbocycles. The van der Waals surface area contributed by atoms with Gasteiger partial charge in [-0.1, -0.05) is 48.0 Å². The highest BCUT2D eigenvalue weighted by atomic mass is 16.3. The van der Waals surface area contributed by atoms with Gasteiger partial charge < -0.3 is 5.11 Å². The number of nitrogens with zero attached hydrogens (tertiary/aromatic N) is 1. The zero-order valence-corrected chi connectivity index (χ0v) is 13.5. The van der Waals surface area contributed by atoms with Gasteiger partial charge in [0.2, 0.25) is 0 Å². The summed E-state index contributed by atoms with van der Waals surface area (Å²) in [4.78, 5) is -0.0250. The summed E-state index contributed by atoms with van der Waals surface area (Å²) in [5.41, 5.74) is 1.66. The fourth-order valence-electron chi connectivity index (χ4n) is 2.73. The van der Waals surface area contributed by atoms with E-state index in [0.717, 1.165) is 5.56 Å². The number of phenols is 1.